The highest BCUT2D eigenvalue weighted by Crippen LogP contribution is 2.64. The van der Waals surface area contributed by atoms with Gasteiger partial charge in [-0.1, -0.05) is 65.8 Å². The second-order valence-corrected chi connectivity index (χ2v) is 7.42. The molecule has 0 aromatic rings. The minimum Gasteiger partial charge on any atom is -0.0771 e. The SMILES string of the molecule is CC(C)(C)C12C=CC(C(C)(C)C)(C=C1)C2. The molecule has 0 saturated heterocycles. The van der Waals surface area contributed by atoms with Crippen molar-refractivity contribution < 1.29 is 0 Å². The van der Waals surface area contributed by atoms with Crippen molar-refractivity contribution in [2.75, 3.05) is 0 Å². The van der Waals surface area contributed by atoms with Gasteiger partial charge in [0.1, 0.15) is 0 Å². The minimum absolute atomic E-state index is 0.306. The van der Waals surface area contributed by atoms with Crippen LogP contribution < -0.4 is 0 Å². The van der Waals surface area contributed by atoms with E-state index in [-0.39, 0.29) is 0 Å². The summed E-state index contributed by atoms with van der Waals surface area (Å²) in [6, 6.07) is 0. The van der Waals surface area contributed by atoms with Crippen LogP contribution in [0.1, 0.15) is 48.0 Å². The molecule has 0 spiro atoms. The van der Waals surface area contributed by atoms with Crippen LogP contribution in [-0.2, 0) is 0 Å². The molecule has 0 heterocycles. The van der Waals surface area contributed by atoms with Crippen LogP contribution in [0.3, 0.4) is 0 Å². The molecule has 0 amide bonds. The monoisotopic (exact) mass is 204 g/mol. The van der Waals surface area contributed by atoms with Crippen molar-refractivity contribution in [2.45, 2.75) is 48.0 Å². The molecule has 0 aliphatic heterocycles. The molecule has 0 atom stereocenters. The molecule has 2 aliphatic rings. The Morgan fingerprint density at radius 2 is 0.933 bits per heavy atom. The van der Waals surface area contributed by atoms with Crippen LogP contribution in [0.15, 0.2) is 24.3 Å². The summed E-state index contributed by atoms with van der Waals surface area (Å²) in [5.74, 6) is 0. The number of rotatable bonds is 0. The second kappa shape index (κ2) is 2.59. The van der Waals surface area contributed by atoms with Crippen LogP contribution >= 0.6 is 0 Å². The zero-order valence-electron chi connectivity index (χ0n) is 11.0. The standard InChI is InChI=1S/C15H24/c1-12(2,3)14-7-9-15(11-14,10-8-14)13(4,5)6/h7-10H,11H2,1-6H3. The molecular weight excluding hydrogens is 180 g/mol. The summed E-state index contributed by atoms with van der Waals surface area (Å²) in [7, 11) is 0. The average Bonchev–Trinajstić information content (AvgIpc) is 2.57. The van der Waals surface area contributed by atoms with Crippen LogP contribution in [0.4, 0.5) is 0 Å². The lowest BCUT2D eigenvalue weighted by Crippen LogP contribution is -2.33. The molecule has 2 rings (SSSR count). The van der Waals surface area contributed by atoms with Crippen molar-refractivity contribution in [1.82, 2.24) is 0 Å². The molecule has 0 radical (unpaired) electrons. The first-order valence-electron chi connectivity index (χ1n) is 6.03. The van der Waals surface area contributed by atoms with Crippen LogP contribution in [0.25, 0.3) is 0 Å². The van der Waals surface area contributed by atoms with E-state index >= 15 is 0 Å². The lowest BCUT2D eigenvalue weighted by molar-refractivity contribution is 0.134. The highest BCUT2D eigenvalue weighted by Gasteiger charge is 2.55. The van der Waals surface area contributed by atoms with E-state index in [0.29, 0.717) is 21.7 Å². The lowest BCUT2D eigenvalue weighted by Gasteiger charge is -2.40. The van der Waals surface area contributed by atoms with Gasteiger partial charge in [0.25, 0.3) is 0 Å². The van der Waals surface area contributed by atoms with Crippen LogP contribution in [-0.4, -0.2) is 0 Å². The van der Waals surface area contributed by atoms with Gasteiger partial charge in [-0.3, -0.25) is 0 Å². The molecular formula is C15H24. The molecule has 0 saturated carbocycles. The Morgan fingerprint density at radius 3 is 1.07 bits per heavy atom. The fraction of sp³-hybridized carbons (Fsp3) is 0.733. The Morgan fingerprint density at radius 1 is 0.667 bits per heavy atom. The largest absolute Gasteiger partial charge is 0.0771 e. The molecule has 0 heteroatoms. The summed E-state index contributed by atoms with van der Waals surface area (Å²) in [4.78, 5) is 0. The van der Waals surface area contributed by atoms with Crippen molar-refractivity contribution >= 4 is 0 Å². The molecule has 0 N–H and O–H groups in total. The third kappa shape index (κ3) is 1.26. The summed E-state index contributed by atoms with van der Waals surface area (Å²) >= 11 is 0. The van der Waals surface area contributed by atoms with Gasteiger partial charge < -0.3 is 0 Å². The highest BCUT2D eigenvalue weighted by molar-refractivity contribution is 5.39. The first kappa shape index (κ1) is 11.0. The Labute approximate surface area is 94.5 Å². The van der Waals surface area contributed by atoms with Gasteiger partial charge in [0.2, 0.25) is 0 Å². The molecule has 0 aromatic heterocycles. The fourth-order valence-corrected chi connectivity index (χ4v) is 2.96. The Kier molecular flexibility index (Phi) is 1.89. The zero-order valence-corrected chi connectivity index (χ0v) is 11.0. The molecule has 0 aromatic carbocycles. The number of fused-ring (bicyclic) bond motifs is 2. The van der Waals surface area contributed by atoms with Gasteiger partial charge in [-0.05, 0) is 17.3 Å². The van der Waals surface area contributed by atoms with Crippen LogP contribution in [0, 0.1) is 21.7 Å². The number of hydrogen-bond acceptors (Lipinski definition) is 0. The topological polar surface area (TPSA) is 0 Å². The number of hydrogen-bond donors (Lipinski definition) is 0. The van der Waals surface area contributed by atoms with E-state index in [1.54, 1.807) is 0 Å². The quantitative estimate of drug-likeness (QED) is 0.507. The molecule has 0 nitrogen and oxygen atoms in total. The van der Waals surface area contributed by atoms with Crippen LogP contribution in [0.2, 0.25) is 0 Å². The van der Waals surface area contributed by atoms with Gasteiger partial charge in [-0.25, -0.2) is 0 Å². The van der Waals surface area contributed by atoms with E-state index in [1.807, 2.05) is 0 Å². The Balaban J connectivity index is 2.40. The van der Waals surface area contributed by atoms with E-state index in [1.165, 1.54) is 6.42 Å². The Bertz CT molecular complexity index is 282. The summed E-state index contributed by atoms with van der Waals surface area (Å²) in [6.07, 6.45) is 11.1. The summed E-state index contributed by atoms with van der Waals surface area (Å²) < 4.78 is 0. The third-order valence-corrected chi connectivity index (χ3v) is 4.73. The minimum atomic E-state index is 0.306. The molecule has 2 aliphatic carbocycles. The van der Waals surface area contributed by atoms with Gasteiger partial charge in [0.15, 0.2) is 0 Å². The van der Waals surface area contributed by atoms with Crippen molar-refractivity contribution in [1.29, 1.82) is 0 Å². The maximum atomic E-state index is 2.46. The molecule has 0 unspecified atom stereocenters. The third-order valence-electron chi connectivity index (χ3n) is 4.73. The molecule has 0 fully saturated rings. The fourth-order valence-electron chi connectivity index (χ4n) is 2.96. The van der Waals surface area contributed by atoms with Gasteiger partial charge >= 0.3 is 0 Å². The van der Waals surface area contributed by atoms with Gasteiger partial charge in [0, 0.05) is 10.8 Å². The first-order chi connectivity index (χ1) is 6.62. The highest BCUT2D eigenvalue weighted by atomic mass is 14.6. The second-order valence-electron chi connectivity index (χ2n) is 7.42. The summed E-state index contributed by atoms with van der Waals surface area (Å²) in [6.45, 7) is 14.1. The van der Waals surface area contributed by atoms with Crippen molar-refractivity contribution in [2.24, 2.45) is 21.7 Å². The predicted molar refractivity (Wildman–Crippen MR) is 66.7 cm³/mol. The van der Waals surface area contributed by atoms with E-state index in [9.17, 15) is 0 Å². The maximum absolute atomic E-state index is 2.46. The normalized spacial score (nSPS) is 39.1. The van der Waals surface area contributed by atoms with Crippen molar-refractivity contribution in [3.05, 3.63) is 24.3 Å². The van der Waals surface area contributed by atoms with E-state index < -0.39 is 0 Å². The van der Waals surface area contributed by atoms with Crippen LogP contribution in [0.5, 0.6) is 0 Å². The summed E-state index contributed by atoms with van der Waals surface area (Å²) in [5.41, 5.74) is 1.29. The van der Waals surface area contributed by atoms with E-state index in [0.717, 1.165) is 0 Å². The lowest BCUT2D eigenvalue weighted by atomic mass is 9.63. The van der Waals surface area contributed by atoms with Gasteiger partial charge in [-0.2, -0.15) is 0 Å². The summed E-state index contributed by atoms with van der Waals surface area (Å²) in [5, 5.41) is 0. The smallest absolute Gasteiger partial charge is 0.0122 e. The number of allylic oxidation sites excluding steroid dienone is 4. The molecule has 2 bridgehead atoms. The Hall–Kier alpha value is -0.520. The van der Waals surface area contributed by atoms with Crippen molar-refractivity contribution in [3.63, 3.8) is 0 Å². The molecule has 15 heavy (non-hydrogen) atoms. The predicted octanol–water partition coefficient (Wildman–Crippen LogP) is 4.58. The maximum Gasteiger partial charge on any atom is 0.0122 e. The van der Waals surface area contributed by atoms with Gasteiger partial charge in [0.05, 0.1) is 0 Å². The van der Waals surface area contributed by atoms with Crippen molar-refractivity contribution in [3.8, 4) is 0 Å². The van der Waals surface area contributed by atoms with E-state index in [2.05, 4.69) is 65.8 Å². The van der Waals surface area contributed by atoms with E-state index in [4.69, 9.17) is 0 Å². The van der Waals surface area contributed by atoms with Gasteiger partial charge in [-0.15, -0.1) is 0 Å². The first-order valence-corrected chi connectivity index (χ1v) is 6.03. The molecule has 84 valence electrons. The average molecular weight is 204 g/mol. The zero-order chi connectivity index (χ0) is 11.5.